The number of hydrogen-bond donors (Lipinski definition) is 2. The van der Waals surface area contributed by atoms with Crippen molar-refractivity contribution in [3.05, 3.63) is 54.4 Å². The summed E-state index contributed by atoms with van der Waals surface area (Å²) >= 11 is 0. The van der Waals surface area contributed by atoms with Gasteiger partial charge < -0.3 is 5.32 Å². The van der Waals surface area contributed by atoms with E-state index in [4.69, 9.17) is 0 Å². The van der Waals surface area contributed by atoms with Gasteiger partial charge in [-0.05, 0) is 80.3 Å². The van der Waals surface area contributed by atoms with Crippen molar-refractivity contribution in [2.45, 2.75) is 43.5 Å². The molecule has 1 amide bonds. The summed E-state index contributed by atoms with van der Waals surface area (Å²) in [5.74, 6) is 1.99. The molecule has 0 saturated heterocycles. The molecule has 2 N–H and O–H groups in total. The number of amides is 1. The molecular formula is C21H25N3O3S. The molecule has 2 aliphatic rings. The van der Waals surface area contributed by atoms with E-state index < -0.39 is 10.0 Å². The molecule has 148 valence electrons. The van der Waals surface area contributed by atoms with Crippen molar-refractivity contribution in [2.75, 3.05) is 4.72 Å². The molecule has 2 bridgehead atoms. The molecule has 6 nitrogen and oxygen atoms in total. The zero-order chi connectivity index (χ0) is 19.7. The van der Waals surface area contributed by atoms with Crippen LogP contribution in [0.1, 0.15) is 43.0 Å². The van der Waals surface area contributed by atoms with Gasteiger partial charge >= 0.3 is 0 Å². The van der Waals surface area contributed by atoms with E-state index in [1.165, 1.54) is 50.2 Å². The summed E-state index contributed by atoms with van der Waals surface area (Å²) in [7, 11) is -3.71. The second kappa shape index (κ2) is 7.54. The van der Waals surface area contributed by atoms with Crippen LogP contribution in [0.3, 0.4) is 0 Å². The molecule has 1 heterocycles. The standard InChI is InChI=1S/C21H25N3O3S/c1-14(20-13-15-2-3-17(20)12-15)23-21(25)16-4-6-19(7-5-16)28(26,27)24-18-8-10-22-11-9-18/h4-11,14-15,17,20H,2-3,12-13H2,1H3,(H,22,24)(H,23,25)/t14-,15+,17+,20+/m1/s1. The van der Waals surface area contributed by atoms with Gasteiger partial charge in [-0.2, -0.15) is 0 Å². The summed E-state index contributed by atoms with van der Waals surface area (Å²) in [6.45, 7) is 2.08. The molecule has 1 aromatic carbocycles. The Balaban J connectivity index is 1.40. The number of fused-ring (bicyclic) bond motifs is 2. The number of sulfonamides is 1. The quantitative estimate of drug-likeness (QED) is 0.779. The number of aromatic nitrogens is 1. The van der Waals surface area contributed by atoms with Gasteiger partial charge in [-0.15, -0.1) is 0 Å². The van der Waals surface area contributed by atoms with Gasteiger partial charge in [-0.3, -0.25) is 14.5 Å². The first kappa shape index (κ1) is 18.9. The van der Waals surface area contributed by atoms with Crippen LogP contribution in [0.2, 0.25) is 0 Å². The maximum absolute atomic E-state index is 12.6. The molecule has 0 aliphatic heterocycles. The Hall–Kier alpha value is -2.41. The van der Waals surface area contributed by atoms with E-state index in [2.05, 4.69) is 21.9 Å². The Kier molecular flexibility index (Phi) is 5.10. The molecule has 2 saturated carbocycles. The van der Waals surface area contributed by atoms with Crippen LogP contribution in [0.15, 0.2) is 53.7 Å². The zero-order valence-electron chi connectivity index (χ0n) is 15.8. The van der Waals surface area contributed by atoms with Crippen LogP contribution in [-0.4, -0.2) is 25.4 Å². The largest absolute Gasteiger partial charge is 0.349 e. The molecule has 2 aliphatic carbocycles. The Morgan fingerprint density at radius 1 is 1.07 bits per heavy atom. The summed E-state index contributed by atoms with van der Waals surface area (Å²) in [5.41, 5.74) is 0.911. The average molecular weight is 400 g/mol. The second-order valence-electron chi connectivity index (χ2n) is 7.97. The monoisotopic (exact) mass is 399 g/mol. The van der Waals surface area contributed by atoms with Crippen molar-refractivity contribution in [1.82, 2.24) is 10.3 Å². The van der Waals surface area contributed by atoms with E-state index in [0.717, 1.165) is 11.8 Å². The number of rotatable bonds is 6. The lowest BCUT2D eigenvalue weighted by atomic mass is 9.84. The Labute approximate surface area is 165 Å². The predicted octanol–water partition coefficient (Wildman–Crippen LogP) is 3.44. The number of nitrogens with one attached hydrogen (secondary N) is 2. The van der Waals surface area contributed by atoms with E-state index in [-0.39, 0.29) is 16.8 Å². The minimum atomic E-state index is -3.71. The fourth-order valence-corrected chi connectivity index (χ4v) is 5.78. The Morgan fingerprint density at radius 3 is 2.39 bits per heavy atom. The van der Waals surface area contributed by atoms with Crippen LogP contribution in [-0.2, 0) is 10.0 Å². The fraction of sp³-hybridized carbons (Fsp3) is 0.429. The van der Waals surface area contributed by atoms with Crippen molar-refractivity contribution in [1.29, 1.82) is 0 Å². The molecule has 2 fully saturated rings. The maximum atomic E-state index is 12.6. The SMILES string of the molecule is C[C@@H](NC(=O)c1ccc(S(=O)(=O)Nc2ccncc2)cc1)[C@@H]1C[C@H]2CC[C@H]1C2. The predicted molar refractivity (Wildman–Crippen MR) is 107 cm³/mol. The molecular weight excluding hydrogens is 374 g/mol. The molecule has 4 atom stereocenters. The third-order valence-electron chi connectivity index (χ3n) is 6.15. The topological polar surface area (TPSA) is 88.2 Å². The van der Waals surface area contributed by atoms with Crippen LogP contribution < -0.4 is 10.0 Å². The molecule has 0 radical (unpaired) electrons. The molecule has 0 spiro atoms. The third kappa shape index (κ3) is 3.90. The number of carbonyl (C=O) groups is 1. The normalized spacial score (nSPS) is 24.7. The maximum Gasteiger partial charge on any atom is 0.261 e. The van der Waals surface area contributed by atoms with Gasteiger partial charge in [0.15, 0.2) is 0 Å². The molecule has 28 heavy (non-hydrogen) atoms. The fourth-order valence-electron chi connectivity index (χ4n) is 4.72. The first-order chi connectivity index (χ1) is 13.4. The van der Waals surface area contributed by atoms with E-state index in [0.29, 0.717) is 17.2 Å². The first-order valence-corrected chi connectivity index (χ1v) is 11.2. The summed E-state index contributed by atoms with van der Waals surface area (Å²) in [4.78, 5) is 16.6. The summed E-state index contributed by atoms with van der Waals surface area (Å²) in [5, 5.41) is 3.11. The van der Waals surface area contributed by atoms with Crippen molar-refractivity contribution in [3.63, 3.8) is 0 Å². The Bertz CT molecular complexity index is 945. The van der Waals surface area contributed by atoms with Crippen molar-refractivity contribution in [2.24, 2.45) is 17.8 Å². The van der Waals surface area contributed by atoms with Crippen molar-refractivity contribution < 1.29 is 13.2 Å². The lowest BCUT2D eigenvalue weighted by Gasteiger charge is -2.28. The number of nitrogens with zero attached hydrogens (tertiary/aromatic N) is 1. The lowest BCUT2D eigenvalue weighted by molar-refractivity contribution is 0.0915. The molecule has 0 unspecified atom stereocenters. The van der Waals surface area contributed by atoms with Gasteiger partial charge in [0.2, 0.25) is 0 Å². The number of hydrogen-bond acceptors (Lipinski definition) is 4. The van der Waals surface area contributed by atoms with Crippen LogP contribution >= 0.6 is 0 Å². The number of carbonyl (C=O) groups excluding carboxylic acids is 1. The lowest BCUT2D eigenvalue weighted by Crippen LogP contribution is -2.40. The molecule has 1 aromatic heterocycles. The number of anilines is 1. The van der Waals surface area contributed by atoms with E-state index in [1.807, 2.05) is 0 Å². The highest BCUT2D eigenvalue weighted by Gasteiger charge is 2.42. The van der Waals surface area contributed by atoms with E-state index in [1.54, 1.807) is 24.3 Å². The van der Waals surface area contributed by atoms with Gasteiger partial charge in [0.05, 0.1) is 10.6 Å². The van der Waals surface area contributed by atoms with Gasteiger partial charge in [0.25, 0.3) is 15.9 Å². The summed E-state index contributed by atoms with van der Waals surface area (Å²) < 4.78 is 27.5. The Morgan fingerprint density at radius 2 is 1.79 bits per heavy atom. The van der Waals surface area contributed by atoms with E-state index in [9.17, 15) is 13.2 Å². The van der Waals surface area contributed by atoms with Gasteiger partial charge in [0.1, 0.15) is 0 Å². The van der Waals surface area contributed by atoms with Gasteiger partial charge in [-0.25, -0.2) is 8.42 Å². The summed E-state index contributed by atoms with van der Waals surface area (Å²) in [6.07, 6.45) is 8.18. The first-order valence-electron chi connectivity index (χ1n) is 9.76. The molecule has 7 heteroatoms. The second-order valence-corrected chi connectivity index (χ2v) is 9.65. The van der Waals surface area contributed by atoms with Gasteiger partial charge in [-0.1, -0.05) is 6.42 Å². The highest BCUT2D eigenvalue weighted by atomic mass is 32.2. The third-order valence-corrected chi connectivity index (χ3v) is 7.55. The number of pyridine rings is 1. The van der Waals surface area contributed by atoms with Crippen molar-refractivity contribution in [3.8, 4) is 0 Å². The zero-order valence-corrected chi connectivity index (χ0v) is 16.7. The number of benzene rings is 1. The molecule has 2 aromatic rings. The smallest absolute Gasteiger partial charge is 0.261 e. The van der Waals surface area contributed by atoms with Crippen LogP contribution in [0.4, 0.5) is 5.69 Å². The summed E-state index contributed by atoms with van der Waals surface area (Å²) in [6, 6.07) is 9.33. The average Bonchev–Trinajstić information content (AvgIpc) is 3.32. The minimum Gasteiger partial charge on any atom is -0.349 e. The highest BCUT2D eigenvalue weighted by Crippen LogP contribution is 2.49. The van der Waals surface area contributed by atoms with Crippen molar-refractivity contribution >= 4 is 21.6 Å². The van der Waals surface area contributed by atoms with Crippen LogP contribution in [0, 0.1) is 17.8 Å². The van der Waals surface area contributed by atoms with Crippen LogP contribution in [0.25, 0.3) is 0 Å². The van der Waals surface area contributed by atoms with E-state index >= 15 is 0 Å². The van der Waals surface area contributed by atoms with Gasteiger partial charge in [0, 0.05) is 24.0 Å². The molecule has 4 rings (SSSR count). The van der Waals surface area contributed by atoms with Crippen LogP contribution in [0.5, 0.6) is 0 Å². The highest BCUT2D eigenvalue weighted by molar-refractivity contribution is 7.92. The minimum absolute atomic E-state index is 0.113.